The van der Waals surface area contributed by atoms with Crippen LogP contribution >= 0.6 is 0 Å². The molecule has 0 aromatic heterocycles. The Morgan fingerprint density at radius 1 is 1.38 bits per heavy atom. The van der Waals surface area contributed by atoms with Crippen LogP contribution < -0.4 is 9.47 Å². The Morgan fingerprint density at radius 2 is 2.12 bits per heavy atom. The molecule has 86 valence electrons. The maximum atomic E-state index is 8.99. The summed E-state index contributed by atoms with van der Waals surface area (Å²) in [5.74, 6) is 1.47. The Kier molecular flexibility index (Phi) is 3.31. The largest absolute Gasteiger partial charge is 0.504 e. The van der Waals surface area contributed by atoms with E-state index in [1.54, 1.807) is 13.4 Å². The molecule has 0 amide bonds. The second-order valence-electron chi connectivity index (χ2n) is 3.42. The van der Waals surface area contributed by atoms with Gasteiger partial charge < -0.3 is 19.3 Å². The molecule has 1 N–H and O–H groups in total. The minimum atomic E-state index is 0.105. The number of ether oxygens (including phenoxy) is 3. The smallest absolute Gasteiger partial charge is 0.231 e. The van der Waals surface area contributed by atoms with Crippen LogP contribution in [0.2, 0.25) is 0 Å². The molecule has 4 nitrogen and oxygen atoms in total. The van der Waals surface area contributed by atoms with Crippen LogP contribution in [-0.4, -0.2) is 25.6 Å². The molecule has 0 saturated carbocycles. The molecule has 2 rings (SSSR count). The quantitative estimate of drug-likeness (QED) is 0.785. The lowest BCUT2D eigenvalue weighted by Crippen LogP contribution is -1.94. The molecule has 0 bridgehead atoms. The third kappa shape index (κ3) is 2.12. The average molecular weight is 222 g/mol. The molecular formula is C12H14O4. The van der Waals surface area contributed by atoms with Gasteiger partial charge in [0.25, 0.3) is 0 Å². The minimum Gasteiger partial charge on any atom is -0.504 e. The highest BCUT2D eigenvalue weighted by Gasteiger charge is 2.15. The first-order valence-corrected chi connectivity index (χ1v) is 5.08. The molecule has 0 unspecified atom stereocenters. The fourth-order valence-corrected chi connectivity index (χ4v) is 1.63. The van der Waals surface area contributed by atoms with E-state index >= 15 is 0 Å². The van der Waals surface area contributed by atoms with Crippen molar-refractivity contribution in [2.24, 2.45) is 0 Å². The summed E-state index contributed by atoms with van der Waals surface area (Å²) in [6.07, 6.45) is 4.02. The fourth-order valence-electron chi connectivity index (χ4n) is 1.63. The van der Waals surface area contributed by atoms with Crippen molar-refractivity contribution in [2.75, 3.05) is 20.5 Å². The van der Waals surface area contributed by atoms with Gasteiger partial charge in [0.15, 0.2) is 11.5 Å². The molecule has 0 fully saturated rings. The van der Waals surface area contributed by atoms with Crippen molar-refractivity contribution in [1.29, 1.82) is 0 Å². The molecule has 1 aliphatic rings. The summed E-state index contributed by atoms with van der Waals surface area (Å²) in [6.45, 7) is 0.360. The van der Waals surface area contributed by atoms with E-state index in [-0.39, 0.29) is 13.4 Å². The van der Waals surface area contributed by atoms with Gasteiger partial charge in [0.05, 0.1) is 13.4 Å². The Bertz CT molecular complexity index is 398. The lowest BCUT2D eigenvalue weighted by atomic mass is 10.0. The lowest BCUT2D eigenvalue weighted by molar-refractivity contribution is 0.174. The SMILES string of the molecule is CO/C=C/c1cc2c(cc1CCO)OCO2. The van der Waals surface area contributed by atoms with Gasteiger partial charge in [-0.3, -0.25) is 0 Å². The number of hydrogen-bond acceptors (Lipinski definition) is 4. The third-order valence-corrected chi connectivity index (χ3v) is 2.40. The van der Waals surface area contributed by atoms with Gasteiger partial charge in [0.1, 0.15) is 0 Å². The highest BCUT2D eigenvalue weighted by Crippen LogP contribution is 2.35. The Balaban J connectivity index is 2.36. The van der Waals surface area contributed by atoms with Gasteiger partial charge in [-0.05, 0) is 35.8 Å². The molecular weight excluding hydrogens is 208 g/mol. The zero-order chi connectivity index (χ0) is 11.4. The van der Waals surface area contributed by atoms with E-state index in [1.165, 1.54) is 0 Å². The van der Waals surface area contributed by atoms with E-state index in [0.717, 1.165) is 22.6 Å². The molecule has 0 saturated heterocycles. The van der Waals surface area contributed by atoms with E-state index in [2.05, 4.69) is 0 Å². The second kappa shape index (κ2) is 4.90. The summed E-state index contributed by atoms with van der Waals surface area (Å²) < 4.78 is 15.5. The number of methoxy groups -OCH3 is 1. The van der Waals surface area contributed by atoms with Crippen LogP contribution in [0.1, 0.15) is 11.1 Å². The minimum absolute atomic E-state index is 0.105. The number of aliphatic hydroxyl groups is 1. The van der Waals surface area contributed by atoms with Crippen molar-refractivity contribution in [1.82, 2.24) is 0 Å². The van der Waals surface area contributed by atoms with Gasteiger partial charge in [0, 0.05) is 6.61 Å². The van der Waals surface area contributed by atoms with Crippen LogP contribution in [0.3, 0.4) is 0 Å². The zero-order valence-electron chi connectivity index (χ0n) is 9.10. The molecule has 0 radical (unpaired) electrons. The number of benzene rings is 1. The standard InChI is InChI=1S/C12H14O4/c1-14-5-3-10-7-12-11(15-8-16-12)6-9(10)2-4-13/h3,5-7,13H,2,4,8H2,1H3/b5-3+. The van der Waals surface area contributed by atoms with Gasteiger partial charge in [-0.1, -0.05) is 0 Å². The summed E-state index contributed by atoms with van der Waals surface area (Å²) in [5, 5.41) is 8.99. The van der Waals surface area contributed by atoms with Crippen molar-refractivity contribution in [3.63, 3.8) is 0 Å². The van der Waals surface area contributed by atoms with Crippen LogP contribution in [0.5, 0.6) is 11.5 Å². The van der Waals surface area contributed by atoms with Gasteiger partial charge in [-0.15, -0.1) is 0 Å². The van der Waals surface area contributed by atoms with E-state index in [0.29, 0.717) is 6.42 Å². The van der Waals surface area contributed by atoms with Crippen LogP contribution in [0.25, 0.3) is 6.08 Å². The van der Waals surface area contributed by atoms with E-state index in [9.17, 15) is 0 Å². The molecule has 16 heavy (non-hydrogen) atoms. The molecule has 1 aromatic carbocycles. The van der Waals surface area contributed by atoms with Crippen molar-refractivity contribution in [3.05, 3.63) is 29.5 Å². The predicted octanol–water partition coefficient (Wildman–Crippen LogP) is 1.57. The van der Waals surface area contributed by atoms with E-state index < -0.39 is 0 Å². The number of hydrogen-bond donors (Lipinski definition) is 1. The maximum Gasteiger partial charge on any atom is 0.231 e. The van der Waals surface area contributed by atoms with Crippen LogP contribution in [0.4, 0.5) is 0 Å². The highest BCUT2D eigenvalue weighted by atomic mass is 16.7. The number of rotatable bonds is 4. The van der Waals surface area contributed by atoms with Crippen molar-refractivity contribution in [2.45, 2.75) is 6.42 Å². The Hall–Kier alpha value is -1.68. The Morgan fingerprint density at radius 3 is 2.81 bits per heavy atom. The topological polar surface area (TPSA) is 47.9 Å². The monoisotopic (exact) mass is 222 g/mol. The summed E-state index contributed by atoms with van der Waals surface area (Å²) in [4.78, 5) is 0. The molecule has 0 spiro atoms. The van der Waals surface area contributed by atoms with Gasteiger partial charge in [-0.2, -0.15) is 0 Å². The molecule has 0 aliphatic carbocycles. The van der Waals surface area contributed by atoms with Gasteiger partial charge in [0.2, 0.25) is 6.79 Å². The summed E-state index contributed by atoms with van der Waals surface area (Å²) >= 11 is 0. The Labute approximate surface area is 94.1 Å². The average Bonchev–Trinajstić information content (AvgIpc) is 2.73. The normalized spacial score (nSPS) is 13.4. The van der Waals surface area contributed by atoms with Crippen LogP contribution in [0.15, 0.2) is 18.4 Å². The molecule has 1 aromatic rings. The first kappa shape index (κ1) is 10.8. The lowest BCUT2D eigenvalue weighted by Gasteiger charge is -2.06. The second-order valence-corrected chi connectivity index (χ2v) is 3.42. The van der Waals surface area contributed by atoms with E-state index in [4.69, 9.17) is 19.3 Å². The number of fused-ring (bicyclic) bond motifs is 1. The fraction of sp³-hybridized carbons (Fsp3) is 0.333. The molecule has 1 aliphatic heterocycles. The summed E-state index contributed by atoms with van der Waals surface area (Å²) in [6, 6.07) is 3.79. The van der Waals surface area contributed by atoms with Crippen molar-refractivity contribution < 1.29 is 19.3 Å². The summed E-state index contributed by atoms with van der Waals surface area (Å²) in [7, 11) is 1.59. The van der Waals surface area contributed by atoms with Crippen LogP contribution in [0, 0.1) is 0 Å². The molecule has 0 atom stereocenters. The third-order valence-electron chi connectivity index (χ3n) is 2.40. The van der Waals surface area contributed by atoms with E-state index in [1.807, 2.05) is 18.2 Å². The zero-order valence-corrected chi connectivity index (χ0v) is 9.10. The van der Waals surface area contributed by atoms with Crippen molar-refractivity contribution >= 4 is 6.08 Å². The maximum absolute atomic E-state index is 8.99. The summed E-state index contributed by atoms with van der Waals surface area (Å²) in [5.41, 5.74) is 1.99. The van der Waals surface area contributed by atoms with Crippen molar-refractivity contribution in [3.8, 4) is 11.5 Å². The molecule has 1 heterocycles. The molecule has 4 heteroatoms. The first-order valence-electron chi connectivity index (χ1n) is 5.08. The van der Waals surface area contributed by atoms with Gasteiger partial charge >= 0.3 is 0 Å². The number of aliphatic hydroxyl groups excluding tert-OH is 1. The predicted molar refractivity (Wildman–Crippen MR) is 59.4 cm³/mol. The first-order chi connectivity index (χ1) is 7.85. The van der Waals surface area contributed by atoms with Gasteiger partial charge in [-0.25, -0.2) is 0 Å². The highest BCUT2D eigenvalue weighted by molar-refractivity contribution is 5.60. The van der Waals surface area contributed by atoms with Crippen LogP contribution in [-0.2, 0) is 11.2 Å².